The van der Waals surface area contributed by atoms with Crippen LogP contribution in [0.4, 0.5) is 0 Å². The lowest BCUT2D eigenvalue weighted by atomic mass is 10.0. The van der Waals surface area contributed by atoms with Gasteiger partial charge in [0.2, 0.25) is 0 Å². The molecule has 5 nitrogen and oxygen atoms in total. The van der Waals surface area contributed by atoms with Crippen molar-refractivity contribution in [3.05, 3.63) is 41.5 Å². The molecule has 2 aromatic heterocycles. The molecule has 0 spiro atoms. The third-order valence-electron chi connectivity index (χ3n) is 3.07. The zero-order valence-corrected chi connectivity index (χ0v) is 12.5. The summed E-state index contributed by atoms with van der Waals surface area (Å²) in [5.74, 6) is 0.745. The number of nitrogens with zero attached hydrogens (tertiary/aromatic N) is 3. The SMILES string of the molecule is CCc1nn(C)cc1C(N)c1cncc(OC(C)C)c1. The first kappa shape index (κ1) is 14.5. The van der Waals surface area contributed by atoms with Crippen LogP contribution >= 0.6 is 0 Å². The zero-order chi connectivity index (χ0) is 14.7. The molecule has 1 atom stereocenters. The molecule has 0 radical (unpaired) electrons. The van der Waals surface area contributed by atoms with Gasteiger partial charge in [-0.25, -0.2) is 0 Å². The second-order valence-electron chi connectivity index (χ2n) is 5.16. The molecule has 0 saturated carbocycles. The zero-order valence-electron chi connectivity index (χ0n) is 12.5. The van der Waals surface area contributed by atoms with E-state index >= 15 is 0 Å². The van der Waals surface area contributed by atoms with Crippen molar-refractivity contribution >= 4 is 0 Å². The van der Waals surface area contributed by atoms with Crippen molar-refractivity contribution < 1.29 is 4.74 Å². The average Bonchev–Trinajstić information content (AvgIpc) is 2.78. The van der Waals surface area contributed by atoms with Crippen LogP contribution in [0.2, 0.25) is 0 Å². The Morgan fingerprint density at radius 2 is 2.10 bits per heavy atom. The van der Waals surface area contributed by atoms with E-state index in [0.29, 0.717) is 0 Å². The normalized spacial score (nSPS) is 12.7. The number of ether oxygens (including phenoxy) is 1. The first-order valence-corrected chi connectivity index (χ1v) is 6.90. The van der Waals surface area contributed by atoms with Gasteiger partial charge in [-0.15, -0.1) is 0 Å². The molecule has 20 heavy (non-hydrogen) atoms. The van der Waals surface area contributed by atoms with E-state index in [4.69, 9.17) is 10.5 Å². The highest BCUT2D eigenvalue weighted by molar-refractivity contribution is 5.34. The van der Waals surface area contributed by atoms with Crippen LogP contribution < -0.4 is 10.5 Å². The Bertz CT molecular complexity index is 577. The Kier molecular flexibility index (Phi) is 4.39. The largest absolute Gasteiger partial charge is 0.489 e. The maximum Gasteiger partial charge on any atom is 0.138 e. The van der Waals surface area contributed by atoms with Crippen molar-refractivity contribution in [3.8, 4) is 5.75 Å². The minimum absolute atomic E-state index is 0.118. The van der Waals surface area contributed by atoms with Crippen molar-refractivity contribution in [2.24, 2.45) is 12.8 Å². The van der Waals surface area contributed by atoms with Gasteiger partial charge in [0.15, 0.2) is 0 Å². The maximum absolute atomic E-state index is 6.36. The summed E-state index contributed by atoms with van der Waals surface area (Å²) in [7, 11) is 1.91. The first-order chi connectivity index (χ1) is 9.51. The van der Waals surface area contributed by atoms with Crippen molar-refractivity contribution in [1.82, 2.24) is 14.8 Å². The molecule has 0 aliphatic rings. The van der Waals surface area contributed by atoms with Crippen LogP contribution in [0.3, 0.4) is 0 Å². The van der Waals surface area contributed by atoms with Gasteiger partial charge < -0.3 is 10.5 Å². The third-order valence-corrected chi connectivity index (χ3v) is 3.07. The summed E-state index contributed by atoms with van der Waals surface area (Å²) >= 11 is 0. The molecular weight excluding hydrogens is 252 g/mol. The summed E-state index contributed by atoms with van der Waals surface area (Å²) in [6, 6.07) is 1.71. The monoisotopic (exact) mass is 274 g/mol. The maximum atomic E-state index is 6.36. The topological polar surface area (TPSA) is 66.0 Å². The van der Waals surface area contributed by atoms with Crippen LogP contribution in [0, 0.1) is 0 Å². The highest BCUT2D eigenvalue weighted by Gasteiger charge is 2.17. The summed E-state index contributed by atoms with van der Waals surface area (Å²) in [5, 5.41) is 4.43. The molecular formula is C15H22N4O. The molecule has 108 valence electrons. The highest BCUT2D eigenvalue weighted by atomic mass is 16.5. The van der Waals surface area contributed by atoms with Crippen LogP contribution in [-0.4, -0.2) is 20.9 Å². The molecule has 0 aliphatic carbocycles. The van der Waals surface area contributed by atoms with E-state index in [1.54, 1.807) is 17.1 Å². The summed E-state index contributed by atoms with van der Waals surface area (Å²) in [4.78, 5) is 4.21. The van der Waals surface area contributed by atoms with Gasteiger partial charge in [0.1, 0.15) is 5.75 Å². The standard InChI is InChI=1S/C15H22N4O/c1-5-14-13(9-19(4)18-14)15(16)11-6-12(8-17-7-11)20-10(2)3/h6-10,15H,5,16H2,1-4H3. The Morgan fingerprint density at radius 3 is 2.75 bits per heavy atom. The molecule has 2 heterocycles. The Balaban J connectivity index is 2.30. The van der Waals surface area contributed by atoms with Crippen LogP contribution in [0.1, 0.15) is 43.6 Å². The average molecular weight is 274 g/mol. The van der Waals surface area contributed by atoms with E-state index in [2.05, 4.69) is 17.0 Å². The van der Waals surface area contributed by atoms with Gasteiger partial charge in [0.25, 0.3) is 0 Å². The van der Waals surface area contributed by atoms with E-state index in [0.717, 1.165) is 29.0 Å². The lowest BCUT2D eigenvalue weighted by Gasteiger charge is -2.14. The van der Waals surface area contributed by atoms with Gasteiger partial charge in [-0.2, -0.15) is 5.10 Å². The number of aryl methyl sites for hydroxylation is 2. The molecule has 2 rings (SSSR count). The number of nitrogens with two attached hydrogens (primary N) is 1. The second-order valence-corrected chi connectivity index (χ2v) is 5.16. The number of hydrogen-bond donors (Lipinski definition) is 1. The van der Waals surface area contributed by atoms with Gasteiger partial charge >= 0.3 is 0 Å². The highest BCUT2D eigenvalue weighted by Crippen LogP contribution is 2.25. The predicted molar refractivity (Wildman–Crippen MR) is 78.6 cm³/mol. The van der Waals surface area contributed by atoms with Gasteiger partial charge in [-0.05, 0) is 31.9 Å². The Morgan fingerprint density at radius 1 is 1.35 bits per heavy atom. The second kappa shape index (κ2) is 6.05. The van der Waals surface area contributed by atoms with Gasteiger partial charge in [-0.3, -0.25) is 9.67 Å². The smallest absolute Gasteiger partial charge is 0.138 e. The van der Waals surface area contributed by atoms with Crippen LogP contribution in [0.5, 0.6) is 5.75 Å². The minimum atomic E-state index is -0.234. The van der Waals surface area contributed by atoms with Crippen molar-refractivity contribution in [3.63, 3.8) is 0 Å². The minimum Gasteiger partial charge on any atom is -0.489 e. The Labute approximate surface area is 119 Å². The van der Waals surface area contributed by atoms with Crippen LogP contribution in [-0.2, 0) is 13.5 Å². The third kappa shape index (κ3) is 3.17. The van der Waals surface area contributed by atoms with Gasteiger partial charge in [0, 0.05) is 25.0 Å². The van der Waals surface area contributed by atoms with Crippen molar-refractivity contribution in [2.75, 3.05) is 0 Å². The van der Waals surface area contributed by atoms with Gasteiger partial charge in [0.05, 0.1) is 24.0 Å². The number of aromatic nitrogens is 3. The van der Waals surface area contributed by atoms with E-state index in [9.17, 15) is 0 Å². The summed E-state index contributed by atoms with van der Waals surface area (Å²) in [6.45, 7) is 6.06. The van der Waals surface area contributed by atoms with Gasteiger partial charge in [-0.1, -0.05) is 6.92 Å². The fourth-order valence-corrected chi connectivity index (χ4v) is 2.21. The molecule has 0 aliphatic heterocycles. The quantitative estimate of drug-likeness (QED) is 0.908. The molecule has 0 aromatic carbocycles. The van der Waals surface area contributed by atoms with E-state index < -0.39 is 0 Å². The lowest BCUT2D eigenvalue weighted by Crippen LogP contribution is -2.14. The Hall–Kier alpha value is -1.88. The fraction of sp³-hybridized carbons (Fsp3) is 0.467. The molecule has 0 saturated heterocycles. The molecule has 0 amide bonds. The molecule has 1 unspecified atom stereocenters. The van der Waals surface area contributed by atoms with Crippen LogP contribution in [0.25, 0.3) is 0 Å². The van der Waals surface area contributed by atoms with Crippen molar-refractivity contribution in [1.29, 1.82) is 0 Å². The molecule has 0 fully saturated rings. The number of rotatable bonds is 5. The fourth-order valence-electron chi connectivity index (χ4n) is 2.21. The summed E-state index contributed by atoms with van der Waals surface area (Å²) in [6.07, 6.45) is 6.44. The molecule has 5 heteroatoms. The number of hydrogen-bond acceptors (Lipinski definition) is 4. The first-order valence-electron chi connectivity index (χ1n) is 6.90. The van der Waals surface area contributed by atoms with E-state index in [1.165, 1.54) is 0 Å². The van der Waals surface area contributed by atoms with E-state index in [1.807, 2.05) is 33.2 Å². The lowest BCUT2D eigenvalue weighted by molar-refractivity contribution is 0.241. The molecule has 0 bridgehead atoms. The summed E-state index contributed by atoms with van der Waals surface area (Å²) in [5.41, 5.74) is 9.36. The predicted octanol–water partition coefficient (Wildman–Crippen LogP) is 2.21. The number of pyridine rings is 1. The van der Waals surface area contributed by atoms with Crippen LogP contribution in [0.15, 0.2) is 24.7 Å². The van der Waals surface area contributed by atoms with Crippen molar-refractivity contribution in [2.45, 2.75) is 39.3 Å². The molecule has 2 aromatic rings. The molecule has 2 N–H and O–H groups in total. The van der Waals surface area contributed by atoms with E-state index in [-0.39, 0.29) is 12.1 Å². The summed E-state index contributed by atoms with van der Waals surface area (Å²) < 4.78 is 7.47.